The van der Waals surface area contributed by atoms with Crippen LogP contribution in [0.1, 0.15) is 16.1 Å². The summed E-state index contributed by atoms with van der Waals surface area (Å²) in [6.07, 6.45) is 0. The van der Waals surface area contributed by atoms with Crippen LogP contribution in [0.3, 0.4) is 0 Å². The molecule has 2 aromatic rings. The SMILES string of the molecule is Cc1cc(Cl)c(F)c(-c2cc(C(=O)O)nn2C)c1. The van der Waals surface area contributed by atoms with E-state index in [4.69, 9.17) is 16.7 Å². The number of nitrogens with zero attached hydrogens (tertiary/aromatic N) is 2. The molecule has 0 unspecified atom stereocenters. The quantitative estimate of drug-likeness (QED) is 0.911. The zero-order valence-corrected chi connectivity index (χ0v) is 10.5. The molecule has 0 aliphatic heterocycles. The molecule has 0 spiro atoms. The van der Waals surface area contributed by atoms with E-state index in [1.54, 1.807) is 20.0 Å². The van der Waals surface area contributed by atoms with Gasteiger partial charge in [-0.3, -0.25) is 4.68 Å². The second-order valence-corrected chi connectivity index (χ2v) is 4.36. The van der Waals surface area contributed by atoms with Gasteiger partial charge in [-0.25, -0.2) is 9.18 Å². The number of hydrogen-bond acceptors (Lipinski definition) is 2. The maximum absolute atomic E-state index is 13.9. The zero-order valence-electron chi connectivity index (χ0n) is 9.74. The van der Waals surface area contributed by atoms with Crippen molar-refractivity contribution in [1.82, 2.24) is 9.78 Å². The van der Waals surface area contributed by atoms with E-state index in [9.17, 15) is 9.18 Å². The van der Waals surface area contributed by atoms with Crippen molar-refractivity contribution in [3.8, 4) is 11.3 Å². The summed E-state index contributed by atoms with van der Waals surface area (Å²) in [5.74, 6) is -1.74. The van der Waals surface area contributed by atoms with Gasteiger partial charge in [-0.2, -0.15) is 5.10 Å². The average Bonchev–Trinajstić information content (AvgIpc) is 2.66. The van der Waals surface area contributed by atoms with Gasteiger partial charge in [0, 0.05) is 12.6 Å². The summed E-state index contributed by atoms with van der Waals surface area (Å²) in [6, 6.07) is 4.43. The van der Waals surface area contributed by atoms with Crippen LogP contribution in [-0.4, -0.2) is 20.9 Å². The van der Waals surface area contributed by atoms with E-state index in [1.807, 2.05) is 0 Å². The Balaban J connectivity index is 2.65. The first-order valence-corrected chi connectivity index (χ1v) is 5.51. The van der Waals surface area contributed by atoms with Crippen LogP contribution < -0.4 is 0 Å². The number of carbonyl (C=O) groups is 1. The molecule has 0 aliphatic carbocycles. The van der Waals surface area contributed by atoms with Crippen LogP contribution >= 0.6 is 11.6 Å². The summed E-state index contributed by atoms with van der Waals surface area (Å²) >= 11 is 5.77. The van der Waals surface area contributed by atoms with Gasteiger partial charge in [-0.05, 0) is 30.7 Å². The van der Waals surface area contributed by atoms with Crippen LogP contribution in [0.5, 0.6) is 0 Å². The summed E-state index contributed by atoms with van der Waals surface area (Å²) in [4.78, 5) is 10.8. The summed E-state index contributed by atoms with van der Waals surface area (Å²) < 4.78 is 15.3. The molecule has 6 heteroatoms. The molecule has 0 saturated carbocycles. The molecule has 0 amide bonds. The molecular formula is C12H10ClFN2O2. The number of halogens is 2. The molecular weight excluding hydrogens is 259 g/mol. The van der Waals surface area contributed by atoms with Gasteiger partial charge in [-0.1, -0.05) is 11.6 Å². The number of carboxylic acids is 1. The lowest BCUT2D eigenvalue weighted by Gasteiger charge is -2.06. The Morgan fingerprint density at radius 2 is 2.11 bits per heavy atom. The van der Waals surface area contributed by atoms with Crippen LogP contribution in [0.15, 0.2) is 18.2 Å². The third-order valence-electron chi connectivity index (χ3n) is 2.55. The minimum absolute atomic E-state index is 0.00285. The molecule has 4 nitrogen and oxygen atoms in total. The van der Waals surface area contributed by atoms with Crippen LogP contribution in [0.25, 0.3) is 11.3 Å². The normalized spacial score (nSPS) is 10.7. The first kappa shape index (κ1) is 12.6. The summed E-state index contributed by atoms with van der Waals surface area (Å²) in [6.45, 7) is 1.78. The molecule has 2 rings (SSSR count). The van der Waals surface area contributed by atoms with Crippen molar-refractivity contribution in [3.63, 3.8) is 0 Å². The highest BCUT2D eigenvalue weighted by molar-refractivity contribution is 6.31. The molecule has 1 aromatic heterocycles. The molecule has 94 valence electrons. The molecule has 1 N–H and O–H groups in total. The van der Waals surface area contributed by atoms with Gasteiger partial charge in [0.15, 0.2) is 11.5 Å². The molecule has 0 atom stereocenters. The predicted octanol–water partition coefficient (Wildman–Crippen LogP) is 2.89. The highest BCUT2D eigenvalue weighted by atomic mass is 35.5. The van der Waals surface area contributed by atoms with Crippen molar-refractivity contribution in [1.29, 1.82) is 0 Å². The van der Waals surface area contributed by atoms with Crippen LogP contribution in [0.2, 0.25) is 5.02 Å². The fourth-order valence-electron chi connectivity index (χ4n) is 1.73. The maximum atomic E-state index is 13.9. The third-order valence-corrected chi connectivity index (χ3v) is 2.82. The monoisotopic (exact) mass is 268 g/mol. The van der Waals surface area contributed by atoms with Crippen molar-refractivity contribution in [2.45, 2.75) is 6.92 Å². The third kappa shape index (κ3) is 2.09. The van der Waals surface area contributed by atoms with Crippen LogP contribution in [0.4, 0.5) is 4.39 Å². The van der Waals surface area contributed by atoms with Gasteiger partial charge in [0.05, 0.1) is 10.7 Å². The fourth-order valence-corrected chi connectivity index (χ4v) is 2.01. The van der Waals surface area contributed by atoms with E-state index in [1.165, 1.54) is 16.8 Å². The van der Waals surface area contributed by atoms with E-state index in [0.717, 1.165) is 5.56 Å². The summed E-state index contributed by atoms with van der Waals surface area (Å²) in [7, 11) is 1.55. The number of benzene rings is 1. The minimum atomic E-state index is -1.16. The summed E-state index contributed by atoms with van der Waals surface area (Å²) in [5.41, 5.74) is 1.26. The molecule has 1 heterocycles. The summed E-state index contributed by atoms with van der Waals surface area (Å²) in [5, 5.41) is 12.6. The smallest absolute Gasteiger partial charge is 0.356 e. The van der Waals surface area contributed by atoms with E-state index in [-0.39, 0.29) is 16.3 Å². The molecule has 0 saturated heterocycles. The van der Waals surface area contributed by atoms with Gasteiger partial charge in [0.2, 0.25) is 0 Å². The number of rotatable bonds is 2. The lowest BCUT2D eigenvalue weighted by molar-refractivity contribution is 0.0689. The topological polar surface area (TPSA) is 55.1 Å². The molecule has 1 aromatic carbocycles. The Kier molecular flexibility index (Phi) is 3.09. The number of carboxylic acid groups (broad SMARTS) is 1. The average molecular weight is 269 g/mol. The second-order valence-electron chi connectivity index (χ2n) is 3.95. The molecule has 0 radical (unpaired) electrons. The molecule has 0 bridgehead atoms. The number of hydrogen-bond donors (Lipinski definition) is 1. The van der Waals surface area contributed by atoms with E-state index >= 15 is 0 Å². The standard InChI is InChI=1S/C12H10ClFN2O2/c1-6-3-7(11(14)8(13)4-6)10-5-9(12(17)18)15-16(10)2/h3-5H,1-2H3,(H,17,18). The maximum Gasteiger partial charge on any atom is 0.356 e. The first-order chi connectivity index (χ1) is 8.40. The van der Waals surface area contributed by atoms with Crippen molar-refractivity contribution in [2.24, 2.45) is 7.05 Å². The number of aromatic nitrogens is 2. The van der Waals surface area contributed by atoms with E-state index < -0.39 is 11.8 Å². The first-order valence-electron chi connectivity index (χ1n) is 5.13. The molecule has 0 aliphatic rings. The number of aromatic carboxylic acids is 1. The van der Waals surface area contributed by atoms with Crippen molar-refractivity contribution in [3.05, 3.63) is 40.3 Å². The minimum Gasteiger partial charge on any atom is -0.476 e. The molecule has 0 fully saturated rings. The Bertz CT molecular complexity index is 637. The zero-order chi connectivity index (χ0) is 13.4. The highest BCUT2D eigenvalue weighted by Gasteiger charge is 2.17. The van der Waals surface area contributed by atoms with Gasteiger partial charge in [-0.15, -0.1) is 0 Å². The second kappa shape index (κ2) is 4.42. The lowest BCUT2D eigenvalue weighted by Crippen LogP contribution is -1.99. The number of aryl methyl sites for hydroxylation is 2. The van der Waals surface area contributed by atoms with Gasteiger partial charge in [0.25, 0.3) is 0 Å². The van der Waals surface area contributed by atoms with Crippen molar-refractivity contribution < 1.29 is 14.3 Å². The Morgan fingerprint density at radius 3 is 2.67 bits per heavy atom. The van der Waals surface area contributed by atoms with Crippen molar-refractivity contribution >= 4 is 17.6 Å². The van der Waals surface area contributed by atoms with Gasteiger partial charge >= 0.3 is 5.97 Å². The van der Waals surface area contributed by atoms with Crippen molar-refractivity contribution in [2.75, 3.05) is 0 Å². The highest BCUT2D eigenvalue weighted by Crippen LogP contribution is 2.29. The fraction of sp³-hybridized carbons (Fsp3) is 0.167. The van der Waals surface area contributed by atoms with Gasteiger partial charge < -0.3 is 5.11 Å². The van der Waals surface area contributed by atoms with E-state index in [0.29, 0.717) is 5.69 Å². The Hall–Kier alpha value is -1.88. The predicted molar refractivity (Wildman–Crippen MR) is 65.3 cm³/mol. The Labute approximate surface area is 108 Å². The molecule has 18 heavy (non-hydrogen) atoms. The van der Waals surface area contributed by atoms with E-state index in [2.05, 4.69) is 5.10 Å². The van der Waals surface area contributed by atoms with Crippen LogP contribution in [-0.2, 0) is 7.05 Å². The largest absolute Gasteiger partial charge is 0.476 e. The van der Waals surface area contributed by atoms with Gasteiger partial charge in [0.1, 0.15) is 0 Å². The lowest BCUT2D eigenvalue weighted by atomic mass is 10.1. The van der Waals surface area contributed by atoms with Crippen LogP contribution in [0, 0.1) is 12.7 Å². The Morgan fingerprint density at radius 1 is 1.44 bits per heavy atom.